The normalized spacial score (nSPS) is 11.9. The maximum Gasteiger partial charge on any atom is 0.321 e. The van der Waals surface area contributed by atoms with E-state index in [-0.39, 0.29) is 6.03 Å². The summed E-state index contributed by atoms with van der Waals surface area (Å²) in [5, 5.41) is 17.9. The highest BCUT2D eigenvalue weighted by Crippen LogP contribution is 2.16. The molecule has 0 aliphatic rings. The van der Waals surface area contributed by atoms with Crippen LogP contribution < -0.4 is 10.6 Å². The van der Waals surface area contributed by atoms with Crippen LogP contribution in [0.4, 0.5) is 9.93 Å². The molecule has 0 saturated carbocycles. The molecule has 0 spiro atoms. The summed E-state index contributed by atoms with van der Waals surface area (Å²) < 4.78 is 0. The summed E-state index contributed by atoms with van der Waals surface area (Å²) in [6.45, 7) is 2.41. The summed E-state index contributed by atoms with van der Waals surface area (Å²) in [5.41, 5.74) is 1.82. The zero-order valence-corrected chi connectivity index (χ0v) is 12.7. The molecule has 0 bridgehead atoms. The largest absolute Gasteiger partial charge is 0.388 e. The number of aromatic nitrogens is 1. The fraction of sp³-hybridized carbons (Fsp3) is 0.333. The van der Waals surface area contributed by atoms with Crippen LogP contribution in [-0.4, -0.2) is 22.7 Å². The first-order chi connectivity index (χ1) is 10.2. The van der Waals surface area contributed by atoms with E-state index in [0.29, 0.717) is 18.1 Å². The average Bonchev–Trinajstić information content (AvgIpc) is 2.95. The second-order valence-corrected chi connectivity index (χ2v) is 5.45. The fourth-order valence-corrected chi connectivity index (χ4v) is 2.62. The summed E-state index contributed by atoms with van der Waals surface area (Å²) in [7, 11) is 0. The molecule has 0 radical (unpaired) electrons. The monoisotopic (exact) mass is 305 g/mol. The van der Waals surface area contributed by atoms with Gasteiger partial charge in [0.2, 0.25) is 0 Å². The summed E-state index contributed by atoms with van der Waals surface area (Å²) >= 11 is 1.41. The molecule has 0 aliphatic heterocycles. The molecule has 2 amide bonds. The molecule has 2 aromatic rings. The molecule has 21 heavy (non-hydrogen) atoms. The number of carbonyl (C=O) groups excluding carboxylic acids is 1. The number of amides is 2. The van der Waals surface area contributed by atoms with Crippen LogP contribution in [-0.2, 0) is 6.42 Å². The zero-order chi connectivity index (χ0) is 15.1. The number of aliphatic hydroxyl groups is 1. The number of rotatable bonds is 6. The van der Waals surface area contributed by atoms with E-state index in [2.05, 4.69) is 15.6 Å². The van der Waals surface area contributed by atoms with Crippen molar-refractivity contribution < 1.29 is 9.90 Å². The number of thiazole rings is 1. The topological polar surface area (TPSA) is 74.2 Å². The van der Waals surface area contributed by atoms with Gasteiger partial charge in [-0.3, -0.25) is 5.32 Å². The van der Waals surface area contributed by atoms with Crippen LogP contribution in [0, 0.1) is 0 Å². The van der Waals surface area contributed by atoms with Gasteiger partial charge in [0.15, 0.2) is 5.13 Å². The molecule has 0 aliphatic carbocycles. The van der Waals surface area contributed by atoms with Crippen LogP contribution in [0.3, 0.4) is 0 Å². The second kappa shape index (κ2) is 7.75. The van der Waals surface area contributed by atoms with Crippen molar-refractivity contribution in [3.05, 3.63) is 47.0 Å². The van der Waals surface area contributed by atoms with Gasteiger partial charge in [0, 0.05) is 11.9 Å². The van der Waals surface area contributed by atoms with E-state index in [1.54, 1.807) is 0 Å². The third-order valence-corrected chi connectivity index (χ3v) is 3.83. The quantitative estimate of drug-likeness (QED) is 0.768. The lowest BCUT2D eigenvalue weighted by Gasteiger charge is -2.11. The van der Waals surface area contributed by atoms with E-state index < -0.39 is 6.10 Å². The van der Waals surface area contributed by atoms with Gasteiger partial charge in [0.05, 0.1) is 11.8 Å². The van der Waals surface area contributed by atoms with Crippen molar-refractivity contribution in [2.75, 3.05) is 11.9 Å². The first-order valence-electron chi connectivity index (χ1n) is 6.91. The molecular formula is C15H19N3O2S. The predicted molar refractivity (Wildman–Crippen MR) is 84.5 cm³/mol. The van der Waals surface area contributed by atoms with Crippen molar-refractivity contribution in [1.82, 2.24) is 10.3 Å². The van der Waals surface area contributed by atoms with E-state index in [0.717, 1.165) is 17.7 Å². The van der Waals surface area contributed by atoms with E-state index >= 15 is 0 Å². The number of benzene rings is 1. The van der Waals surface area contributed by atoms with Gasteiger partial charge in [-0.25, -0.2) is 9.78 Å². The molecule has 0 saturated heterocycles. The summed E-state index contributed by atoms with van der Waals surface area (Å²) in [6.07, 6.45) is 0.747. The number of carbonyl (C=O) groups is 1. The minimum absolute atomic E-state index is 0.299. The smallest absolute Gasteiger partial charge is 0.321 e. The molecule has 1 heterocycles. The first-order valence-corrected chi connectivity index (χ1v) is 7.79. The van der Waals surface area contributed by atoms with Crippen molar-refractivity contribution in [2.24, 2.45) is 0 Å². The highest BCUT2D eigenvalue weighted by molar-refractivity contribution is 7.13. The number of hydrogen-bond donors (Lipinski definition) is 3. The SMILES string of the molecule is CCc1csc(NC(=O)NCCC(O)c2ccccc2)n1. The number of urea groups is 1. The number of anilines is 1. The Morgan fingerprint density at radius 1 is 1.38 bits per heavy atom. The van der Waals surface area contributed by atoms with Crippen LogP contribution >= 0.6 is 11.3 Å². The Morgan fingerprint density at radius 2 is 2.14 bits per heavy atom. The average molecular weight is 305 g/mol. The zero-order valence-electron chi connectivity index (χ0n) is 11.9. The van der Waals surface area contributed by atoms with Gasteiger partial charge in [-0.05, 0) is 18.4 Å². The maximum atomic E-state index is 11.7. The Labute approximate surface area is 128 Å². The number of nitrogens with one attached hydrogen (secondary N) is 2. The van der Waals surface area contributed by atoms with Crippen molar-refractivity contribution in [2.45, 2.75) is 25.9 Å². The minimum Gasteiger partial charge on any atom is -0.388 e. The van der Waals surface area contributed by atoms with Gasteiger partial charge >= 0.3 is 6.03 Å². The van der Waals surface area contributed by atoms with Crippen LogP contribution in [0.5, 0.6) is 0 Å². The van der Waals surface area contributed by atoms with Crippen LogP contribution in [0.15, 0.2) is 35.7 Å². The predicted octanol–water partition coefficient (Wildman–Crippen LogP) is 2.95. The maximum absolute atomic E-state index is 11.7. The van der Waals surface area contributed by atoms with Gasteiger partial charge in [-0.2, -0.15) is 0 Å². The van der Waals surface area contributed by atoms with Crippen LogP contribution in [0.1, 0.15) is 30.7 Å². The standard InChI is InChI=1S/C15H19N3O2S/c1-2-12-10-21-15(17-12)18-14(20)16-9-8-13(19)11-6-4-3-5-7-11/h3-7,10,13,19H,2,8-9H2,1H3,(H2,16,17,18,20). The molecular weight excluding hydrogens is 286 g/mol. The fourth-order valence-electron chi connectivity index (χ4n) is 1.83. The minimum atomic E-state index is -0.571. The summed E-state index contributed by atoms with van der Waals surface area (Å²) in [5.74, 6) is 0. The number of hydrogen-bond acceptors (Lipinski definition) is 4. The lowest BCUT2D eigenvalue weighted by Crippen LogP contribution is -2.30. The highest BCUT2D eigenvalue weighted by atomic mass is 32.1. The van der Waals surface area contributed by atoms with Crippen LogP contribution in [0.25, 0.3) is 0 Å². The molecule has 5 nitrogen and oxygen atoms in total. The molecule has 0 fully saturated rings. The molecule has 3 N–H and O–H groups in total. The molecule has 2 rings (SSSR count). The number of aliphatic hydroxyl groups excluding tert-OH is 1. The Kier molecular flexibility index (Phi) is 5.71. The molecule has 1 atom stereocenters. The van der Waals surface area contributed by atoms with Gasteiger partial charge in [-0.15, -0.1) is 11.3 Å². The lowest BCUT2D eigenvalue weighted by molar-refractivity contribution is 0.167. The van der Waals surface area contributed by atoms with Gasteiger partial charge < -0.3 is 10.4 Å². The molecule has 1 aromatic carbocycles. The second-order valence-electron chi connectivity index (χ2n) is 4.59. The third-order valence-electron chi connectivity index (χ3n) is 3.02. The van der Waals surface area contributed by atoms with Crippen molar-refractivity contribution in [1.29, 1.82) is 0 Å². The van der Waals surface area contributed by atoms with E-state index in [1.165, 1.54) is 11.3 Å². The van der Waals surface area contributed by atoms with Crippen molar-refractivity contribution in [3.8, 4) is 0 Å². The van der Waals surface area contributed by atoms with E-state index in [9.17, 15) is 9.90 Å². The Bertz CT molecular complexity index is 571. The highest BCUT2D eigenvalue weighted by Gasteiger charge is 2.09. The van der Waals surface area contributed by atoms with E-state index in [1.807, 2.05) is 42.6 Å². The van der Waals surface area contributed by atoms with Crippen molar-refractivity contribution >= 4 is 22.5 Å². The number of nitrogens with zero attached hydrogens (tertiary/aromatic N) is 1. The third kappa shape index (κ3) is 4.84. The molecule has 112 valence electrons. The van der Waals surface area contributed by atoms with Gasteiger partial charge in [0.1, 0.15) is 0 Å². The summed E-state index contributed by atoms with van der Waals surface area (Å²) in [6, 6.07) is 9.10. The molecule has 1 unspecified atom stereocenters. The Hall–Kier alpha value is -1.92. The van der Waals surface area contributed by atoms with Gasteiger partial charge in [0.25, 0.3) is 0 Å². The van der Waals surface area contributed by atoms with Crippen molar-refractivity contribution in [3.63, 3.8) is 0 Å². The number of aryl methyl sites for hydroxylation is 1. The summed E-state index contributed by atoms with van der Waals surface area (Å²) in [4.78, 5) is 15.9. The molecule has 1 aromatic heterocycles. The Morgan fingerprint density at radius 3 is 2.81 bits per heavy atom. The Balaban J connectivity index is 1.72. The lowest BCUT2D eigenvalue weighted by atomic mass is 10.1. The van der Waals surface area contributed by atoms with E-state index in [4.69, 9.17) is 0 Å². The first kappa shape index (κ1) is 15.5. The van der Waals surface area contributed by atoms with Gasteiger partial charge in [-0.1, -0.05) is 37.3 Å². The molecule has 6 heteroatoms. The van der Waals surface area contributed by atoms with Crippen LogP contribution in [0.2, 0.25) is 0 Å².